The van der Waals surface area contributed by atoms with Crippen LogP contribution in [-0.4, -0.2) is 26.5 Å². The van der Waals surface area contributed by atoms with Crippen molar-refractivity contribution in [2.45, 2.75) is 23.7 Å². The highest BCUT2D eigenvalue weighted by atomic mass is 16.8. The largest absolute Gasteiger partial charge is 0.595 e. The molecule has 0 saturated heterocycles. The predicted molar refractivity (Wildman–Crippen MR) is 140 cm³/mol. The zero-order valence-corrected chi connectivity index (χ0v) is 21.1. The van der Waals surface area contributed by atoms with Gasteiger partial charge in [0.15, 0.2) is 5.69 Å². The highest BCUT2D eigenvalue weighted by molar-refractivity contribution is 5.71. The van der Waals surface area contributed by atoms with Gasteiger partial charge in [-0.2, -0.15) is 5.23 Å². The minimum Gasteiger partial charge on any atom is -0.595 e. The molecule has 0 aliphatic heterocycles. The molecule has 188 valence electrons. The molecule has 1 unspecified atom stereocenters. The first-order chi connectivity index (χ1) is 18.0. The lowest BCUT2D eigenvalue weighted by atomic mass is 9.57. The van der Waals surface area contributed by atoms with E-state index in [9.17, 15) is 10.4 Å². The molecule has 2 aliphatic carbocycles. The maximum atomic E-state index is 11.7. The number of fused-ring (bicyclic) bond motifs is 5. The fraction of sp³-hybridized carbons (Fsp3) is 0.226. The van der Waals surface area contributed by atoms with E-state index in [1.54, 1.807) is 33.5 Å². The molecule has 4 aromatic carbocycles. The number of ether oxygens (including phenoxy) is 3. The van der Waals surface area contributed by atoms with Crippen LogP contribution in [0.5, 0.6) is 17.2 Å². The third kappa shape index (κ3) is 3.23. The molecule has 0 aromatic heterocycles. The minimum atomic E-state index is -0.927. The van der Waals surface area contributed by atoms with Gasteiger partial charge in [0.25, 0.3) is 0 Å². The average molecular weight is 496 g/mol. The van der Waals surface area contributed by atoms with Gasteiger partial charge >= 0.3 is 0 Å². The second-order valence-corrected chi connectivity index (χ2v) is 9.84. The number of methoxy groups -OCH3 is 3. The SMILES string of the molecule is COc1ccc(C23c4ccc(OC)cc4CC2(c2ccc([NH+]([O-])O)cc2)Cc2cc(OC)ccc23)cc1. The highest BCUT2D eigenvalue weighted by Crippen LogP contribution is 2.66. The number of hydrogen-bond donors (Lipinski definition) is 2. The smallest absolute Gasteiger partial charge is 0.163 e. The molecule has 0 saturated carbocycles. The highest BCUT2D eigenvalue weighted by Gasteiger charge is 2.64. The first kappa shape index (κ1) is 23.6. The number of hydrogen-bond acceptors (Lipinski definition) is 5. The number of quaternary nitrogens is 1. The molecular weight excluding hydrogens is 466 g/mol. The Morgan fingerprint density at radius 1 is 0.649 bits per heavy atom. The zero-order valence-electron chi connectivity index (χ0n) is 21.1. The van der Waals surface area contributed by atoms with Crippen LogP contribution < -0.4 is 19.4 Å². The Bertz CT molecular complexity index is 1400. The molecule has 0 bridgehead atoms. The Hall–Kier alpha value is -3.84. The van der Waals surface area contributed by atoms with Gasteiger partial charge in [0.05, 0.1) is 26.7 Å². The predicted octanol–water partition coefficient (Wildman–Crippen LogP) is 4.50. The van der Waals surface area contributed by atoms with Gasteiger partial charge in [-0.05, 0) is 82.6 Å². The number of rotatable bonds is 6. The Kier molecular flexibility index (Phi) is 5.49. The summed E-state index contributed by atoms with van der Waals surface area (Å²) in [5.41, 5.74) is 6.65. The summed E-state index contributed by atoms with van der Waals surface area (Å²) >= 11 is 0. The van der Waals surface area contributed by atoms with Crippen molar-refractivity contribution in [2.75, 3.05) is 21.3 Å². The molecule has 0 amide bonds. The van der Waals surface area contributed by atoms with Crippen molar-refractivity contribution in [2.24, 2.45) is 0 Å². The van der Waals surface area contributed by atoms with Crippen LogP contribution in [0.15, 0.2) is 84.9 Å². The summed E-state index contributed by atoms with van der Waals surface area (Å²) in [6.45, 7) is 0. The van der Waals surface area contributed by atoms with Crippen LogP contribution in [0.4, 0.5) is 5.69 Å². The van der Waals surface area contributed by atoms with Crippen molar-refractivity contribution in [3.05, 3.63) is 124 Å². The molecule has 0 spiro atoms. The summed E-state index contributed by atoms with van der Waals surface area (Å²) < 4.78 is 16.7. The van der Waals surface area contributed by atoms with Gasteiger partial charge in [-0.25, -0.2) is 5.21 Å². The summed E-state index contributed by atoms with van der Waals surface area (Å²) in [5.74, 6) is 2.46. The lowest BCUT2D eigenvalue weighted by Crippen LogP contribution is -2.99. The van der Waals surface area contributed by atoms with Gasteiger partial charge in [-0.1, -0.05) is 36.4 Å². The van der Waals surface area contributed by atoms with E-state index in [-0.39, 0.29) is 11.1 Å². The second-order valence-electron chi connectivity index (χ2n) is 9.84. The molecule has 6 rings (SSSR count). The molecule has 1 atom stereocenters. The first-order valence-corrected chi connectivity index (χ1v) is 12.3. The van der Waals surface area contributed by atoms with Crippen LogP contribution in [0.2, 0.25) is 0 Å². The molecule has 4 aromatic rings. The van der Waals surface area contributed by atoms with Gasteiger partial charge < -0.3 is 19.4 Å². The molecule has 2 aliphatic rings. The maximum absolute atomic E-state index is 11.7. The molecule has 2 N–H and O–H groups in total. The van der Waals surface area contributed by atoms with Crippen LogP contribution in [0.25, 0.3) is 0 Å². The van der Waals surface area contributed by atoms with Crippen LogP contribution in [0, 0.1) is 5.21 Å². The standard InChI is InChI=1S/C31H29NO5/c1-35-25-10-6-23(7-11-25)31-28-14-12-26(36-2)16-20(28)18-30(31,22-4-8-24(9-5-22)32(33)34)19-21-17-27(37-3)13-15-29(21)31/h4-17,32-33H,18-19H2,1-3H3. The normalized spacial score (nSPS) is 22.1. The van der Waals surface area contributed by atoms with E-state index >= 15 is 0 Å². The molecule has 6 heteroatoms. The Morgan fingerprint density at radius 3 is 1.57 bits per heavy atom. The summed E-state index contributed by atoms with van der Waals surface area (Å²) in [5, 5.41) is 20.3. The van der Waals surface area contributed by atoms with Gasteiger partial charge in [-0.15, -0.1) is 0 Å². The Labute approximate surface area is 216 Å². The minimum absolute atomic E-state index is 0.282. The summed E-state index contributed by atoms with van der Waals surface area (Å²) in [4.78, 5) is 0. The molecular formula is C31H29NO5. The molecule has 0 heterocycles. The second kappa shape index (κ2) is 8.63. The van der Waals surface area contributed by atoms with E-state index in [1.165, 1.54) is 27.8 Å². The maximum Gasteiger partial charge on any atom is 0.163 e. The number of nitrogens with one attached hydrogen (secondary N) is 1. The van der Waals surface area contributed by atoms with Crippen LogP contribution in [0.3, 0.4) is 0 Å². The van der Waals surface area contributed by atoms with Crippen molar-refractivity contribution in [3.8, 4) is 17.2 Å². The van der Waals surface area contributed by atoms with Crippen molar-refractivity contribution in [1.82, 2.24) is 0 Å². The average Bonchev–Trinajstić information content (AvgIpc) is 3.39. The topological polar surface area (TPSA) is 75.4 Å². The Balaban J connectivity index is 1.70. The monoisotopic (exact) mass is 495 g/mol. The van der Waals surface area contributed by atoms with Crippen LogP contribution in [-0.2, 0) is 23.7 Å². The Morgan fingerprint density at radius 2 is 1.11 bits per heavy atom. The molecule has 37 heavy (non-hydrogen) atoms. The quantitative estimate of drug-likeness (QED) is 0.385. The van der Waals surface area contributed by atoms with Crippen LogP contribution in [0.1, 0.15) is 33.4 Å². The van der Waals surface area contributed by atoms with Gasteiger partial charge in [-0.3, -0.25) is 0 Å². The van der Waals surface area contributed by atoms with E-state index in [2.05, 4.69) is 36.4 Å². The van der Waals surface area contributed by atoms with Crippen molar-refractivity contribution >= 4 is 5.69 Å². The lowest BCUT2D eigenvalue weighted by Gasteiger charge is -2.43. The summed E-state index contributed by atoms with van der Waals surface area (Å²) in [6, 6.07) is 28.6. The lowest BCUT2D eigenvalue weighted by molar-refractivity contribution is -0.991. The third-order valence-electron chi connectivity index (χ3n) is 8.34. The van der Waals surface area contributed by atoms with Crippen molar-refractivity contribution < 1.29 is 24.6 Å². The molecule has 0 radical (unpaired) electrons. The third-order valence-corrected chi connectivity index (χ3v) is 8.34. The van der Waals surface area contributed by atoms with Crippen molar-refractivity contribution in [1.29, 1.82) is 0 Å². The zero-order chi connectivity index (χ0) is 25.8. The van der Waals surface area contributed by atoms with Gasteiger partial charge in [0.1, 0.15) is 17.2 Å². The number of benzene rings is 4. The fourth-order valence-electron chi connectivity index (χ4n) is 6.84. The van der Waals surface area contributed by atoms with Crippen molar-refractivity contribution in [3.63, 3.8) is 0 Å². The fourth-order valence-corrected chi connectivity index (χ4v) is 6.84. The van der Waals surface area contributed by atoms with Crippen LogP contribution >= 0.6 is 0 Å². The molecule has 6 nitrogen and oxygen atoms in total. The molecule has 0 fully saturated rings. The van der Waals surface area contributed by atoms with E-state index < -0.39 is 10.6 Å². The van der Waals surface area contributed by atoms with E-state index in [1.807, 2.05) is 36.4 Å². The van der Waals surface area contributed by atoms with Gasteiger partial charge in [0.2, 0.25) is 0 Å². The van der Waals surface area contributed by atoms with E-state index in [4.69, 9.17) is 14.2 Å². The van der Waals surface area contributed by atoms with Gasteiger partial charge in [0, 0.05) is 17.5 Å². The summed E-state index contributed by atoms with van der Waals surface area (Å²) in [7, 11) is 5.06. The summed E-state index contributed by atoms with van der Waals surface area (Å²) in [6.07, 6.45) is 1.57. The first-order valence-electron chi connectivity index (χ1n) is 12.3. The van der Waals surface area contributed by atoms with E-state index in [0.29, 0.717) is 0 Å². The van der Waals surface area contributed by atoms with E-state index in [0.717, 1.165) is 35.7 Å².